The molecule has 94 valence electrons. The van der Waals surface area contributed by atoms with Crippen molar-refractivity contribution < 1.29 is 0 Å². The topological polar surface area (TPSA) is 50.9 Å². The summed E-state index contributed by atoms with van der Waals surface area (Å²) in [6.45, 7) is 5.61. The molecule has 3 heteroatoms. The zero-order valence-corrected chi connectivity index (χ0v) is 10.9. The predicted octanol–water partition coefficient (Wildman–Crippen LogP) is 2.68. The van der Waals surface area contributed by atoms with Crippen molar-refractivity contribution in [2.24, 2.45) is 5.92 Å². The fourth-order valence-electron chi connectivity index (χ4n) is 2.92. The van der Waals surface area contributed by atoms with Gasteiger partial charge in [-0.3, -0.25) is 4.98 Å². The van der Waals surface area contributed by atoms with Gasteiger partial charge in [-0.2, -0.15) is 0 Å². The Bertz CT molecular complexity index is 365. The van der Waals surface area contributed by atoms with Gasteiger partial charge in [0.15, 0.2) is 0 Å². The highest BCUT2D eigenvalue weighted by atomic mass is 15.0. The molecule has 1 saturated heterocycles. The Morgan fingerprint density at radius 1 is 1.35 bits per heavy atom. The molecule has 17 heavy (non-hydrogen) atoms. The second kappa shape index (κ2) is 5.05. The Morgan fingerprint density at radius 3 is 2.88 bits per heavy atom. The van der Waals surface area contributed by atoms with Gasteiger partial charge >= 0.3 is 0 Å². The van der Waals surface area contributed by atoms with E-state index in [1.165, 1.54) is 24.8 Å². The van der Waals surface area contributed by atoms with Gasteiger partial charge < -0.3 is 11.1 Å². The van der Waals surface area contributed by atoms with Gasteiger partial charge in [0.05, 0.1) is 0 Å². The van der Waals surface area contributed by atoms with E-state index >= 15 is 0 Å². The van der Waals surface area contributed by atoms with E-state index in [0.717, 1.165) is 18.7 Å². The molecule has 3 nitrogen and oxygen atoms in total. The highest BCUT2D eigenvalue weighted by Crippen LogP contribution is 2.38. The lowest BCUT2D eigenvalue weighted by Gasteiger charge is -2.39. The van der Waals surface area contributed by atoms with Crippen LogP contribution in [0, 0.1) is 5.92 Å². The molecule has 1 unspecified atom stereocenters. The lowest BCUT2D eigenvalue weighted by atomic mass is 9.76. The summed E-state index contributed by atoms with van der Waals surface area (Å²) >= 11 is 0. The van der Waals surface area contributed by atoms with Crippen molar-refractivity contribution in [1.82, 2.24) is 10.3 Å². The van der Waals surface area contributed by atoms with Crippen molar-refractivity contribution in [2.45, 2.75) is 45.1 Å². The largest absolute Gasteiger partial charge is 0.398 e. The molecule has 1 aromatic heterocycles. The molecule has 1 fully saturated rings. The Kier molecular flexibility index (Phi) is 3.67. The molecule has 0 saturated carbocycles. The summed E-state index contributed by atoms with van der Waals surface area (Å²) in [5.74, 6) is 0.520. The average molecular weight is 233 g/mol. The van der Waals surface area contributed by atoms with Crippen molar-refractivity contribution in [2.75, 3.05) is 12.3 Å². The first-order valence-electron chi connectivity index (χ1n) is 6.62. The molecule has 0 bridgehead atoms. The number of pyridine rings is 1. The molecule has 3 N–H and O–H groups in total. The van der Waals surface area contributed by atoms with E-state index in [4.69, 9.17) is 5.73 Å². The maximum absolute atomic E-state index is 6.15. The molecular weight excluding hydrogens is 210 g/mol. The second-order valence-corrected chi connectivity index (χ2v) is 5.33. The molecular formula is C14H23N3. The summed E-state index contributed by atoms with van der Waals surface area (Å²) in [6.07, 6.45) is 8.69. The van der Waals surface area contributed by atoms with Crippen molar-refractivity contribution in [3.8, 4) is 0 Å². The van der Waals surface area contributed by atoms with Crippen LogP contribution in [0.15, 0.2) is 18.5 Å². The minimum absolute atomic E-state index is 0.00877. The predicted molar refractivity (Wildman–Crippen MR) is 71.6 cm³/mol. The third-order valence-corrected chi connectivity index (χ3v) is 4.01. The number of aromatic nitrogens is 1. The molecule has 0 radical (unpaired) electrons. The van der Waals surface area contributed by atoms with E-state index in [0.29, 0.717) is 5.92 Å². The molecule has 0 amide bonds. The van der Waals surface area contributed by atoms with E-state index < -0.39 is 0 Å². The van der Waals surface area contributed by atoms with E-state index in [1.807, 2.05) is 12.3 Å². The van der Waals surface area contributed by atoms with Gasteiger partial charge in [-0.15, -0.1) is 0 Å². The Labute approximate surface area is 104 Å². The van der Waals surface area contributed by atoms with Crippen LogP contribution in [0.1, 0.15) is 45.1 Å². The van der Waals surface area contributed by atoms with Crippen LogP contribution in [0.4, 0.5) is 5.69 Å². The van der Waals surface area contributed by atoms with Gasteiger partial charge in [-0.25, -0.2) is 0 Å². The van der Waals surface area contributed by atoms with Gasteiger partial charge in [-0.1, -0.05) is 26.7 Å². The summed E-state index contributed by atoms with van der Waals surface area (Å²) in [7, 11) is 0. The molecule has 0 spiro atoms. The lowest BCUT2D eigenvalue weighted by molar-refractivity contribution is 0.231. The molecule has 1 aliphatic heterocycles. The fourth-order valence-corrected chi connectivity index (χ4v) is 2.92. The number of hydrogen-bond acceptors (Lipinski definition) is 3. The molecule has 2 rings (SSSR count). The zero-order valence-electron chi connectivity index (χ0n) is 10.9. The summed E-state index contributed by atoms with van der Waals surface area (Å²) < 4.78 is 0. The SMILES string of the molecule is CC(C)C1(c2cnccc2N)CCCCCN1. The maximum atomic E-state index is 6.15. The van der Waals surface area contributed by atoms with E-state index in [2.05, 4.69) is 24.1 Å². The molecule has 1 aromatic rings. The highest BCUT2D eigenvalue weighted by molar-refractivity contribution is 5.49. The molecule has 0 aromatic carbocycles. The first-order chi connectivity index (χ1) is 8.17. The van der Waals surface area contributed by atoms with Gasteiger partial charge in [-0.05, 0) is 31.4 Å². The Hall–Kier alpha value is -1.09. The third kappa shape index (κ3) is 2.29. The normalized spacial score (nSPS) is 25.8. The monoisotopic (exact) mass is 233 g/mol. The molecule has 2 heterocycles. The highest BCUT2D eigenvalue weighted by Gasteiger charge is 2.37. The van der Waals surface area contributed by atoms with Crippen molar-refractivity contribution in [1.29, 1.82) is 0 Å². The van der Waals surface area contributed by atoms with Crippen molar-refractivity contribution in [3.63, 3.8) is 0 Å². The first-order valence-corrected chi connectivity index (χ1v) is 6.62. The standard InChI is InChI=1S/C14H23N3/c1-11(2)14(7-4-3-5-8-17-14)12-10-16-9-6-13(12)15/h6,9-11,17H,3-5,7-8H2,1-2H3,(H2,15,16). The van der Waals surface area contributed by atoms with Crippen LogP contribution in [0.25, 0.3) is 0 Å². The molecule has 1 atom stereocenters. The van der Waals surface area contributed by atoms with Crippen LogP contribution >= 0.6 is 0 Å². The van der Waals surface area contributed by atoms with Crippen LogP contribution in [-0.2, 0) is 5.54 Å². The number of hydrogen-bond donors (Lipinski definition) is 2. The number of anilines is 1. The Balaban J connectivity index is 2.43. The smallest absolute Gasteiger partial charge is 0.0493 e. The lowest BCUT2D eigenvalue weighted by Crippen LogP contribution is -2.46. The minimum atomic E-state index is 0.00877. The van der Waals surface area contributed by atoms with Gasteiger partial charge in [0.1, 0.15) is 0 Å². The number of nitrogens with two attached hydrogens (primary N) is 1. The van der Waals surface area contributed by atoms with Crippen LogP contribution in [0.2, 0.25) is 0 Å². The quantitative estimate of drug-likeness (QED) is 0.825. The number of nitrogen functional groups attached to an aromatic ring is 1. The van der Waals surface area contributed by atoms with Crippen molar-refractivity contribution in [3.05, 3.63) is 24.0 Å². The first kappa shape index (κ1) is 12.4. The number of nitrogens with one attached hydrogen (secondary N) is 1. The summed E-state index contributed by atoms with van der Waals surface area (Å²) in [4.78, 5) is 4.26. The maximum Gasteiger partial charge on any atom is 0.0493 e. The molecule has 0 aliphatic carbocycles. The van der Waals surface area contributed by atoms with E-state index in [-0.39, 0.29) is 5.54 Å². The van der Waals surface area contributed by atoms with Crippen LogP contribution in [0.5, 0.6) is 0 Å². The van der Waals surface area contributed by atoms with Gasteiger partial charge in [0.2, 0.25) is 0 Å². The number of rotatable bonds is 2. The number of nitrogens with zero attached hydrogens (tertiary/aromatic N) is 1. The van der Waals surface area contributed by atoms with Gasteiger partial charge in [0.25, 0.3) is 0 Å². The van der Waals surface area contributed by atoms with Crippen LogP contribution in [0.3, 0.4) is 0 Å². The second-order valence-electron chi connectivity index (χ2n) is 5.33. The van der Waals surface area contributed by atoms with E-state index in [9.17, 15) is 0 Å². The van der Waals surface area contributed by atoms with Gasteiger partial charge in [0, 0.05) is 29.2 Å². The molecule has 1 aliphatic rings. The summed E-state index contributed by atoms with van der Waals surface area (Å²) in [6, 6.07) is 1.91. The Morgan fingerprint density at radius 2 is 2.18 bits per heavy atom. The van der Waals surface area contributed by atoms with Crippen molar-refractivity contribution >= 4 is 5.69 Å². The van der Waals surface area contributed by atoms with E-state index in [1.54, 1.807) is 6.20 Å². The van der Waals surface area contributed by atoms with Crippen LogP contribution in [-0.4, -0.2) is 11.5 Å². The fraction of sp³-hybridized carbons (Fsp3) is 0.643. The third-order valence-electron chi connectivity index (χ3n) is 4.01. The zero-order chi connectivity index (χ0) is 12.3. The van der Waals surface area contributed by atoms with Crippen LogP contribution < -0.4 is 11.1 Å². The average Bonchev–Trinajstić information content (AvgIpc) is 2.56. The summed E-state index contributed by atoms with van der Waals surface area (Å²) in [5.41, 5.74) is 8.20. The minimum Gasteiger partial charge on any atom is -0.398 e. The summed E-state index contributed by atoms with van der Waals surface area (Å²) in [5, 5.41) is 3.73.